The average Bonchev–Trinajstić information content (AvgIpc) is 3.01. The summed E-state index contributed by atoms with van der Waals surface area (Å²) in [5.41, 5.74) is 0.366. The van der Waals surface area contributed by atoms with Gasteiger partial charge in [0, 0.05) is 22.6 Å². The second-order valence-electron chi connectivity index (χ2n) is 5.95. The van der Waals surface area contributed by atoms with Crippen LogP contribution in [-0.4, -0.2) is 34.2 Å². The number of anilines is 1. The number of carbonyl (C=O) groups is 1. The molecule has 0 spiro atoms. The minimum Gasteiger partial charge on any atom is -0.490 e. The fourth-order valence-electron chi connectivity index (χ4n) is 2.68. The van der Waals surface area contributed by atoms with Gasteiger partial charge in [0.25, 0.3) is 0 Å². The quantitative estimate of drug-likeness (QED) is 0.401. The van der Waals surface area contributed by atoms with Crippen LogP contribution in [-0.2, 0) is 6.42 Å². The number of hydrogen-bond acceptors (Lipinski definition) is 6. The van der Waals surface area contributed by atoms with Gasteiger partial charge < -0.3 is 15.2 Å². The number of aromatic nitrogens is 2. The van der Waals surface area contributed by atoms with E-state index in [1.165, 1.54) is 18.5 Å². The minimum atomic E-state index is -1.15. The van der Waals surface area contributed by atoms with Crippen molar-refractivity contribution < 1.29 is 23.4 Å². The predicted octanol–water partition coefficient (Wildman–Crippen LogP) is 5.65. The van der Waals surface area contributed by atoms with Gasteiger partial charge >= 0.3 is 5.97 Å². The molecule has 3 rings (SSSR count). The molecule has 3 aromatic rings. The Bertz CT molecular complexity index is 1070. The first-order chi connectivity index (χ1) is 14.3. The highest BCUT2D eigenvalue weighted by Crippen LogP contribution is 2.45. The molecular weight excluding hydrogens is 504 g/mol. The number of ether oxygens (including phenoxy) is 1. The van der Waals surface area contributed by atoms with Crippen LogP contribution in [0, 0.1) is 11.6 Å². The summed E-state index contributed by atoms with van der Waals surface area (Å²) in [6, 6.07) is 3.99. The number of nitrogens with one attached hydrogen (secondary N) is 1. The minimum absolute atomic E-state index is 0.0221. The topological polar surface area (TPSA) is 84.3 Å². The highest BCUT2D eigenvalue weighted by atomic mass is 79.9. The van der Waals surface area contributed by atoms with Gasteiger partial charge in [-0.3, -0.25) is 0 Å². The van der Waals surface area contributed by atoms with Crippen LogP contribution in [0.25, 0.3) is 10.6 Å². The van der Waals surface area contributed by atoms with Crippen molar-refractivity contribution >= 4 is 50.7 Å². The first-order valence-electron chi connectivity index (χ1n) is 8.69. The molecule has 0 radical (unpaired) electrons. The number of rotatable bonds is 8. The van der Waals surface area contributed by atoms with Gasteiger partial charge in [-0.2, -0.15) is 0 Å². The molecule has 0 aliphatic carbocycles. The lowest BCUT2D eigenvalue weighted by molar-refractivity contribution is 0.0698. The number of aromatic carboxylic acids is 1. The van der Waals surface area contributed by atoms with Crippen molar-refractivity contribution in [2.75, 3.05) is 18.5 Å². The van der Waals surface area contributed by atoms with Crippen LogP contribution >= 0.6 is 38.9 Å². The Balaban J connectivity index is 1.79. The zero-order valence-corrected chi connectivity index (χ0v) is 18.7. The SMILES string of the molecule is CCOc1c(C(=O)O)sc(-c2cc(NCCc3c(F)cc(Br)cc3F)ncn2)c1Cl. The molecule has 6 nitrogen and oxygen atoms in total. The molecule has 0 bridgehead atoms. The van der Waals surface area contributed by atoms with Crippen LogP contribution in [0.3, 0.4) is 0 Å². The summed E-state index contributed by atoms with van der Waals surface area (Å²) in [4.78, 5) is 20.1. The summed E-state index contributed by atoms with van der Waals surface area (Å²) < 4.78 is 33.6. The Kier molecular flexibility index (Phi) is 7.22. The highest BCUT2D eigenvalue weighted by Gasteiger charge is 2.24. The number of carboxylic acids is 1. The molecule has 0 aliphatic rings. The maximum absolute atomic E-state index is 13.9. The van der Waals surface area contributed by atoms with E-state index in [1.54, 1.807) is 13.0 Å². The van der Waals surface area contributed by atoms with E-state index in [1.807, 2.05) is 0 Å². The molecule has 2 aromatic heterocycles. The maximum Gasteiger partial charge on any atom is 0.349 e. The summed E-state index contributed by atoms with van der Waals surface area (Å²) in [6.45, 7) is 2.20. The molecule has 1 aromatic carbocycles. The van der Waals surface area contributed by atoms with E-state index in [0.717, 1.165) is 11.3 Å². The molecule has 0 unspecified atom stereocenters. The van der Waals surface area contributed by atoms with Crippen LogP contribution in [0.2, 0.25) is 5.02 Å². The lowest BCUT2D eigenvalue weighted by atomic mass is 10.1. The first kappa shape index (κ1) is 22.4. The van der Waals surface area contributed by atoms with Gasteiger partial charge in [-0.1, -0.05) is 27.5 Å². The Morgan fingerprint density at radius 2 is 2.00 bits per heavy atom. The second kappa shape index (κ2) is 9.67. The maximum atomic E-state index is 13.9. The van der Waals surface area contributed by atoms with E-state index < -0.39 is 17.6 Å². The Hall–Kier alpha value is -2.30. The van der Waals surface area contributed by atoms with E-state index in [4.69, 9.17) is 16.3 Å². The van der Waals surface area contributed by atoms with Crippen molar-refractivity contribution in [3.8, 4) is 16.3 Å². The van der Waals surface area contributed by atoms with Gasteiger partial charge in [0.15, 0.2) is 10.6 Å². The second-order valence-corrected chi connectivity index (χ2v) is 8.27. The van der Waals surface area contributed by atoms with Crippen LogP contribution < -0.4 is 10.1 Å². The summed E-state index contributed by atoms with van der Waals surface area (Å²) in [6.07, 6.45) is 1.39. The molecule has 30 heavy (non-hydrogen) atoms. The van der Waals surface area contributed by atoms with Gasteiger partial charge in [0.2, 0.25) is 0 Å². The predicted molar refractivity (Wildman–Crippen MR) is 115 cm³/mol. The number of nitrogens with zero attached hydrogens (tertiary/aromatic N) is 2. The molecule has 0 fully saturated rings. The third kappa shape index (κ3) is 4.88. The lowest BCUT2D eigenvalue weighted by Gasteiger charge is -2.09. The Labute approximate surface area is 188 Å². The smallest absolute Gasteiger partial charge is 0.349 e. The molecule has 0 amide bonds. The van der Waals surface area contributed by atoms with Crippen molar-refractivity contribution in [2.24, 2.45) is 0 Å². The lowest BCUT2D eigenvalue weighted by Crippen LogP contribution is -2.09. The van der Waals surface area contributed by atoms with Gasteiger partial charge in [-0.15, -0.1) is 11.3 Å². The molecule has 0 saturated carbocycles. The molecule has 158 valence electrons. The van der Waals surface area contributed by atoms with Crippen molar-refractivity contribution in [3.63, 3.8) is 0 Å². The number of hydrogen-bond donors (Lipinski definition) is 2. The van der Waals surface area contributed by atoms with Crippen molar-refractivity contribution in [3.05, 3.63) is 56.1 Å². The monoisotopic (exact) mass is 517 g/mol. The zero-order chi connectivity index (χ0) is 21.8. The van der Waals surface area contributed by atoms with Crippen LogP contribution in [0.1, 0.15) is 22.2 Å². The molecule has 0 atom stereocenters. The average molecular weight is 519 g/mol. The summed E-state index contributed by atoms with van der Waals surface area (Å²) >= 11 is 10.3. The summed E-state index contributed by atoms with van der Waals surface area (Å²) in [7, 11) is 0. The molecule has 0 aliphatic heterocycles. The Morgan fingerprint density at radius 3 is 2.63 bits per heavy atom. The molecule has 2 heterocycles. The molecule has 0 saturated heterocycles. The number of halogens is 4. The third-order valence-electron chi connectivity index (χ3n) is 3.98. The zero-order valence-electron chi connectivity index (χ0n) is 15.5. The van der Waals surface area contributed by atoms with Crippen LogP contribution in [0.15, 0.2) is 29.0 Å². The van der Waals surface area contributed by atoms with Crippen molar-refractivity contribution in [1.29, 1.82) is 0 Å². The van der Waals surface area contributed by atoms with Crippen LogP contribution in [0.5, 0.6) is 5.75 Å². The summed E-state index contributed by atoms with van der Waals surface area (Å²) in [5.74, 6) is -1.93. The van der Waals surface area contributed by atoms with Gasteiger partial charge in [-0.25, -0.2) is 23.5 Å². The highest BCUT2D eigenvalue weighted by molar-refractivity contribution is 9.10. The normalized spacial score (nSPS) is 10.8. The standard InChI is InChI=1S/C19H15BrClF2N3O3S/c1-2-29-16-15(21)17(30-18(16)19(27)28)13-7-14(26-8-25-13)24-4-3-10-11(22)5-9(20)6-12(10)23/h5-8H,2-4H2,1H3,(H,27,28)(H,24,25,26). The fourth-order valence-corrected chi connectivity index (χ4v) is 4.44. The van der Waals surface area contributed by atoms with Gasteiger partial charge in [-0.05, 0) is 25.5 Å². The number of thiophene rings is 1. The largest absolute Gasteiger partial charge is 0.490 e. The Morgan fingerprint density at radius 1 is 1.30 bits per heavy atom. The third-order valence-corrected chi connectivity index (χ3v) is 6.09. The van der Waals surface area contributed by atoms with Crippen molar-refractivity contribution in [2.45, 2.75) is 13.3 Å². The van der Waals surface area contributed by atoms with E-state index in [9.17, 15) is 18.7 Å². The van der Waals surface area contributed by atoms with Gasteiger partial charge in [0.1, 0.15) is 28.8 Å². The van der Waals surface area contributed by atoms with Gasteiger partial charge in [0.05, 0.1) is 17.2 Å². The molecular formula is C19H15BrClF2N3O3S. The van der Waals surface area contributed by atoms with E-state index >= 15 is 0 Å². The van der Waals surface area contributed by atoms with E-state index in [-0.39, 0.29) is 40.8 Å². The van der Waals surface area contributed by atoms with E-state index in [0.29, 0.717) is 20.9 Å². The summed E-state index contributed by atoms with van der Waals surface area (Å²) in [5, 5.41) is 12.5. The molecule has 2 N–H and O–H groups in total. The number of benzene rings is 1. The fraction of sp³-hybridized carbons (Fsp3) is 0.211. The van der Waals surface area contributed by atoms with Crippen LogP contribution in [0.4, 0.5) is 14.6 Å². The van der Waals surface area contributed by atoms with E-state index in [2.05, 4.69) is 31.2 Å². The first-order valence-corrected chi connectivity index (χ1v) is 10.7. The number of carboxylic acid groups (broad SMARTS) is 1. The molecule has 11 heteroatoms. The van der Waals surface area contributed by atoms with Crippen molar-refractivity contribution in [1.82, 2.24) is 9.97 Å².